The average Bonchev–Trinajstić information content (AvgIpc) is 3.62. The first-order chi connectivity index (χ1) is 26.8. The van der Waals surface area contributed by atoms with Crippen molar-refractivity contribution in [1.29, 1.82) is 0 Å². The van der Waals surface area contributed by atoms with E-state index in [9.17, 15) is 0 Å². The molecule has 54 heavy (non-hydrogen) atoms. The molecule has 0 fully saturated rings. The summed E-state index contributed by atoms with van der Waals surface area (Å²) in [6, 6.07) is 72.3. The minimum absolute atomic E-state index is 0.887. The molecule has 0 saturated heterocycles. The minimum atomic E-state index is 0.887. The highest BCUT2D eigenvalue weighted by molar-refractivity contribution is 6.23. The summed E-state index contributed by atoms with van der Waals surface area (Å²) in [7, 11) is 0. The molecule has 0 aliphatic carbocycles. The second-order valence-corrected chi connectivity index (χ2v) is 14.1. The Morgan fingerprint density at radius 3 is 1.59 bits per heavy atom. The zero-order valence-electron chi connectivity index (χ0n) is 29.4. The van der Waals surface area contributed by atoms with E-state index >= 15 is 0 Å². The number of furan rings is 1. The molecule has 11 aromatic rings. The summed E-state index contributed by atoms with van der Waals surface area (Å²) in [6.45, 7) is 0. The van der Waals surface area contributed by atoms with Gasteiger partial charge in [-0.1, -0.05) is 146 Å². The highest BCUT2D eigenvalue weighted by Gasteiger charge is 2.17. The largest absolute Gasteiger partial charge is 0.456 e. The number of fused-ring (bicyclic) bond motifs is 9. The molecule has 0 unspecified atom stereocenters. The quantitative estimate of drug-likeness (QED) is 0.168. The van der Waals surface area contributed by atoms with Crippen LogP contribution in [-0.4, -0.2) is 0 Å². The number of nitrogens with zero attached hydrogens (tertiary/aromatic N) is 1. The molecule has 0 amide bonds. The number of hydrogen-bond donors (Lipinski definition) is 0. The van der Waals surface area contributed by atoms with Gasteiger partial charge in [-0.05, 0) is 120 Å². The van der Waals surface area contributed by atoms with Crippen LogP contribution in [0.5, 0.6) is 0 Å². The minimum Gasteiger partial charge on any atom is -0.456 e. The van der Waals surface area contributed by atoms with Crippen molar-refractivity contribution in [3.8, 4) is 22.3 Å². The molecule has 0 aliphatic heterocycles. The number of benzene rings is 10. The number of rotatable bonds is 5. The van der Waals surface area contributed by atoms with Crippen LogP contribution in [0, 0.1) is 0 Å². The van der Waals surface area contributed by atoms with Crippen LogP contribution >= 0.6 is 0 Å². The molecule has 2 nitrogen and oxygen atoms in total. The average molecular weight is 688 g/mol. The van der Waals surface area contributed by atoms with Gasteiger partial charge in [-0.2, -0.15) is 0 Å². The zero-order valence-corrected chi connectivity index (χ0v) is 29.4. The van der Waals surface area contributed by atoms with Gasteiger partial charge in [0.25, 0.3) is 0 Å². The fourth-order valence-electron chi connectivity index (χ4n) is 8.47. The van der Waals surface area contributed by atoms with E-state index in [1.165, 1.54) is 65.3 Å². The Morgan fingerprint density at radius 1 is 0.296 bits per heavy atom. The molecule has 252 valence electrons. The van der Waals surface area contributed by atoms with Crippen LogP contribution in [-0.2, 0) is 0 Å². The maximum atomic E-state index is 6.23. The molecule has 0 spiro atoms. The summed E-state index contributed by atoms with van der Waals surface area (Å²) in [5.41, 5.74) is 9.87. The third kappa shape index (κ3) is 4.88. The maximum Gasteiger partial charge on any atom is 0.135 e. The van der Waals surface area contributed by atoms with Gasteiger partial charge in [0.2, 0.25) is 0 Å². The van der Waals surface area contributed by atoms with E-state index in [4.69, 9.17) is 4.42 Å². The van der Waals surface area contributed by atoms with E-state index in [-0.39, 0.29) is 0 Å². The summed E-state index contributed by atoms with van der Waals surface area (Å²) in [4.78, 5) is 2.35. The topological polar surface area (TPSA) is 16.4 Å². The highest BCUT2D eigenvalue weighted by Crippen LogP contribution is 2.42. The fourth-order valence-corrected chi connectivity index (χ4v) is 8.47. The van der Waals surface area contributed by atoms with Gasteiger partial charge >= 0.3 is 0 Å². The van der Waals surface area contributed by atoms with E-state index in [0.717, 1.165) is 39.0 Å². The van der Waals surface area contributed by atoms with Crippen LogP contribution in [0.25, 0.3) is 87.3 Å². The molecular weight excluding hydrogens is 655 g/mol. The monoisotopic (exact) mass is 687 g/mol. The Balaban J connectivity index is 1.05. The van der Waals surface area contributed by atoms with Gasteiger partial charge in [0.05, 0.1) is 0 Å². The van der Waals surface area contributed by atoms with Gasteiger partial charge in [0.15, 0.2) is 0 Å². The lowest BCUT2D eigenvalue weighted by molar-refractivity contribution is 0.669. The Labute approximate surface area is 312 Å². The second kappa shape index (κ2) is 12.2. The third-order valence-corrected chi connectivity index (χ3v) is 11.0. The molecule has 1 aromatic heterocycles. The van der Waals surface area contributed by atoms with Crippen molar-refractivity contribution in [1.82, 2.24) is 0 Å². The standard InChI is InChI=1S/C52H33NO/c1-3-13-42-34(10-1)12-9-18-43(42)36-22-26-39(27-23-36)53(41-30-31-51-49(33-41)46-16-7-8-19-50(46)54-51)40-28-24-37(25-29-40)48-32-38-21-20-35-11-2-4-14-44(35)52(38)47-17-6-5-15-45(47)48/h1-33H. The van der Waals surface area contributed by atoms with Crippen LogP contribution < -0.4 is 4.90 Å². The van der Waals surface area contributed by atoms with Gasteiger partial charge in [-0.3, -0.25) is 0 Å². The summed E-state index contributed by atoms with van der Waals surface area (Å²) >= 11 is 0. The zero-order chi connectivity index (χ0) is 35.6. The van der Waals surface area contributed by atoms with Crippen molar-refractivity contribution in [2.24, 2.45) is 0 Å². The van der Waals surface area contributed by atoms with Crippen molar-refractivity contribution in [2.75, 3.05) is 4.90 Å². The molecule has 0 N–H and O–H groups in total. The molecule has 10 aromatic carbocycles. The van der Waals surface area contributed by atoms with Gasteiger partial charge in [0.1, 0.15) is 11.2 Å². The van der Waals surface area contributed by atoms with Crippen LogP contribution in [0.4, 0.5) is 17.1 Å². The fraction of sp³-hybridized carbons (Fsp3) is 0. The molecule has 0 saturated carbocycles. The van der Waals surface area contributed by atoms with Crippen molar-refractivity contribution in [3.05, 3.63) is 200 Å². The van der Waals surface area contributed by atoms with Crippen molar-refractivity contribution in [3.63, 3.8) is 0 Å². The van der Waals surface area contributed by atoms with Crippen LogP contribution in [0.3, 0.4) is 0 Å². The predicted octanol–water partition coefficient (Wildman–Crippen LogP) is 15.0. The smallest absolute Gasteiger partial charge is 0.135 e. The highest BCUT2D eigenvalue weighted by atomic mass is 16.3. The molecule has 0 radical (unpaired) electrons. The molecule has 0 aliphatic rings. The van der Waals surface area contributed by atoms with E-state index in [1.54, 1.807) is 0 Å². The molecule has 2 heteroatoms. The van der Waals surface area contributed by atoms with Gasteiger partial charge in [-0.15, -0.1) is 0 Å². The molecule has 1 heterocycles. The lowest BCUT2D eigenvalue weighted by atomic mass is 9.90. The Bertz CT molecular complexity index is 3200. The SMILES string of the molecule is c1ccc2c(-c3ccc(N(c4ccc(-c5cc6ccc7ccccc7c6c6ccccc56)cc4)c4ccc5oc6ccccc6c5c4)cc3)cccc2c1. The summed E-state index contributed by atoms with van der Waals surface area (Å²) in [6.07, 6.45) is 0. The van der Waals surface area contributed by atoms with Crippen molar-refractivity contribution < 1.29 is 4.42 Å². The second-order valence-electron chi connectivity index (χ2n) is 14.1. The molecule has 11 rings (SSSR count). The first-order valence-corrected chi connectivity index (χ1v) is 18.5. The predicted molar refractivity (Wildman–Crippen MR) is 229 cm³/mol. The first-order valence-electron chi connectivity index (χ1n) is 18.5. The Kier molecular flexibility index (Phi) is 6.90. The van der Waals surface area contributed by atoms with Gasteiger partial charge in [-0.25, -0.2) is 0 Å². The third-order valence-electron chi connectivity index (χ3n) is 11.0. The van der Waals surface area contributed by atoms with E-state index < -0.39 is 0 Å². The number of para-hydroxylation sites is 1. The lowest BCUT2D eigenvalue weighted by Crippen LogP contribution is -2.09. The van der Waals surface area contributed by atoms with Crippen molar-refractivity contribution in [2.45, 2.75) is 0 Å². The Hall–Kier alpha value is -7.16. The maximum absolute atomic E-state index is 6.23. The van der Waals surface area contributed by atoms with Crippen LogP contribution in [0.15, 0.2) is 205 Å². The summed E-state index contributed by atoms with van der Waals surface area (Å²) < 4.78 is 6.23. The van der Waals surface area contributed by atoms with E-state index in [0.29, 0.717) is 0 Å². The van der Waals surface area contributed by atoms with E-state index in [2.05, 4.69) is 193 Å². The summed E-state index contributed by atoms with van der Waals surface area (Å²) in [5.74, 6) is 0. The Morgan fingerprint density at radius 2 is 0.833 bits per heavy atom. The molecular formula is C52H33NO. The number of anilines is 3. The first kappa shape index (κ1) is 30.5. The van der Waals surface area contributed by atoms with Gasteiger partial charge in [0, 0.05) is 27.8 Å². The normalized spacial score (nSPS) is 11.7. The lowest BCUT2D eigenvalue weighted by Gasteiger charge is -2.26. The van der Waals surface area contributed by atoms with Gasteiger partial charge < -0.3 is 9.32 Å². The van der Waals surface area contributed by atoms with Crippen molar-refractivity contribution >= 4 is 82.1 Å². The summed E-state index contributed by atoms with van der Waals surface area (Å²) in [5, 5.41) is 12.4. The molecule has 0 atom stereocenters. The van der Waals surface area contributed by atoms with Crippen LogP contribution in [0.1, 0.15) is 0 Å². The van der Waals surface area contributed by atoms with Crippen LogP contribution in [0.2, 0.25) is 0 Å². The van der Waals surface area contributed by atoms with E-state index in [1.807, 2.05) is 12.1 Å². The number of hydrogen-bond acceptors (Lipinski definition) is 2. The molecule has 0 bridgehead atoms.